The summed E-state index contributed by atoms with van der Waals surface area (Å²) in [6.45, 7) is 4.35. The molecule has 1 aliphatic carbocycles. The quantitative estimate of drug-likeness (QED) is 0.802. The Balaban J connectivity index is 2.40. The van der Waals surface area contributed by atoms with E-state index in [4.69, 9.17) is 11.6 Å². The van der Waals surface area contributed by atoms with Gasteiger partial charge in [0.2, 0.25) is 0 Å². The van der Waals surface area contributed by atoms with Crippen molar-refractivity contribution < 1.29 is 5.11 Å². The molecule has 1 heterocycles. The lowest BCUT2D eigenvalue weighted by molar-refractivity contribution is 0.0259. The van der Waals surface area contributed by atoms with E-state index in [1.165, 1.54) is 0 Å². The topological polar surface area (TPSA) is 38.0 Å². The van der Waals surface area contributed by atoms with Crippen LogP contribution in [-0.4, -0.2) is 14.9 Å². The zero-order valence-electron chi connectivity index (χ0n) is 9.42. The molecule has 1 aromatic rings. The SMILES string of the molecule is Cn1ncc(Cl)c1C1(O)CCC(C)(C)C1. The number of rotatable bonds is 1. The highest BCUT2D eigenvalue weighted by Crippen LogP contribution is 2.50. The predicted octanol–water partition coefficient (Wildman–Crippen LogP) is 2.47. The van der Waals surface area contributed by atoms with E-state index in [1.54, 1.807) is 10.9 Å². The molecule has 0 radical (unpaired) electrons. The first-order valence-electron chi connectivity index (χ1n) is 5.24. The van der Waals surface area contributed by atoms with Crippen molar-refractivity contribution in [2.24, 2.45) is 12.5 Å². The minimum absolute atomic E-state index is 0.183. The van der Waals surface area contributed by atoms with Gasteiger partial charge in [-0.2, -0.15) is 5.10 Å². The Morgan fingerprint density at radius 1 is 1.47 bits per heavy atom. The summed E-state index contributed by atoms with van der Waals surface area (Å²) in [5, 5.41) is 15.2. The second kappa shape index (κ2) is 3.22. The van der Waals surface area contributed by atoms with E-state index in [1.807, 2.05) is 7.05 Å². The molecule has 1 saturated carbocycles. The van der Waals surface area contributed by atoms with Crippen molar-refractivity contribution >= 4 is 11.6 Å². The average molecular weight is 229 g/mol. The number of nitrogens with zero attached hydrogens (tertiary/aromatic N) is 2. The van der Waals surface area contributed by atoms with Crippen LogP contribution in [0.3, 0.4) is 0 Å². The summed E-state index contributed by atoms with van der Waals surface area (Å²) in [5.74, 6) is 0. The lowest BCUT2D eigenvalue weighted by atomic mass is 9.88. The van der Waals surface area contributed by atoms with Crippen LogP contribution < -0.4 is 0 Å². The number of aliphatic hydroxyl groups is 1. The van der Waals surface area contributed by atoms with Crippen molar-refractivity contribution in [1.82, 2.24) is 9.78 Å². The Morgan fingerprint density at radius 3 is 2.53 bits per heavy atom. The van der Waals surface area contributed by atoms with E-state index in [0.717, 1.165) is 25.0 Å². The van der Waals surface area contributed by atoms with Gasteiger partial charge in [0.25, 0.3) is 0 Å². The van der Waals surface area contributed by atoms with Crippen LogP contribution in [0.25, 0.3) is 0 Å². The molecule has 0 aliphatic heterocycles. The van der Waals surface area contributed by atoms with Gasteiger partial charge in [-0.1, -0.05) is 25.4 Å². The fraction of sp³-hybridized carbons (Fsp3) is 0.727. The molecule has 0 aromatic carbocycles. The number of hydrogen-bond acceptors (Lipinski definition) is 2. The second-order valence-corrected chi connectivity index (χ2v) is 5.74. The summed E-state index contributed by atoms with van der Waals surface area (Å²) in [4.78, 5) is 0. The Hall–Kier alpha value is -0.540. The summed E-state index contributed by atoms with van der Waals surface area (Å²) in [6.07, 6.45) is 4.13. The van der Waals surface area contributed by atoms with E-state index in [2.05, 4.69) is 18.9 Å². The molecule has 1 aliphatic rings. The minimum Gasteiger partial charge on any atom is -0.383 e. The van der Waals surface area contributed by atoms with Crippen molar-refractivity contribution in [2.75, 3.05) is 0 Å². The Labute approximate surface area is 95.0 Å². The van der Waals surface area contributed by atoms with Gasteiger partial charge in [0.15, 0.2) is 0 Å². The van der Waals surface area contributed by atoms with E-state index >= 15 is 0 Å². The summed E-state index contributed by atoms with van der Waals surface area (Å²) in [6, 6.07) is 0. The lowest BCUT2D eigenvalue weighted by Gasteiger charge is -2.25. The van der Waals surface area contributed by atoms with Crippen LogP contribution in [0.15, 0.2) is 6.20 Å². The molecule has 1 fully saturated rings. The van der Waals surface area contributed by atoms with Gasteiger partial charge in [-0.05, 0) is 24.7 Å². The molecule has 0 amide bonds. The van der Waals surface area contributed by atoms with Crippen molar-refractivity contribution in [3.63, 3.8) is 0 Å². The highest BCUT2D eigenvalue weighted by Gasteiger charge is 2.45. The van der Waals surface area contributed by atoms with Crippen molar-refractivity contribution in [3.8, 4) is 0 Å². The van der Waals surface area contributed by atoms with Crippen molar-refractivity contribution in [1.29, 1.82) is 0 Å². The minimum atomic E-state index is -0.800. The maximum Gasteiger partial charge on any atom is 0.108 e. The van der Waals surface area contributed by atoms with Crippen LogP contribution in [0.5, 0.6) is 0 Å². The molecule has 4 heteroatoms. The summed E-state index contributed by atoms with van der Waals surface area (Å²) >= 11 is 6.06. The molecular weight excluding hydrogens is 212 g/mol. The smallest absolute Gasteiger partial charge is 0.108 e. The van der Waals surface area contributed by atoms with Gasteiger partial charge in [-0.25, -0.2) is 0 Å². The van der Waals surface area contributed by atoms with E-state index < -0.39 is 5.60 Å². The van der Waals surface area contributed by atoms with Gasteiger partial charge in [-0.15, -0.1) is 0 Å². The maximum absolute atomic E-state index is 10.6. The summed E-state index contributed by atoms with van der Waals surface area (Å²) in [7, 11) is 1.82. The van der Waals surface area contributed by atoms with Crippen LogP contribution in [0.4, 0.5) is 0 Å². The highest BCUT2D eigenvalue weighted by atomic mass is 35.5. The second-order valence-electron chi connectivity index (χ2n) is 5.34. The normalized spacial score (nSPS) is 29.7. The number of halogens is 1. The molecule has 0 bridgehead atoms. The molecular formula is C11H17ClN2O. The van der Waals surface area contributed by atoms with Crippen LogP contribution in [0.1, 0.15) is 38.8 Å². The third-order valence-electron chi connectivity index (χ3n) is 3.32. The van der Waals surface area contributed by atoms with Crippen LogP contribution in [0.2, 0.25) is 5.02 Å². The third kappa shape index (κ3) is 1.79. The third-order valence-corrected chi connectivity index (χ3v) is 3.60. The Kier molecular flexibility index (Phi) is 2.36. The van der Waals surface area contributed by atoms with Crippen molar-refractivity contribution in [2.45, 2.75) is 38.7 Å². The molecule has 15 heavy (non-hydrogen) atoms. The lowest BCUT2D eigenvalue weighted by Crippen LogP contribution is -2.26. The maximum atomic E-state index is 10.6. The highest BCUT2D eigenvalue weighted by molar-refractivity contribution is 6.31. The zero-order valence-corrected chi connectivity index (χ0v) is 10.2. The molecule has 84 valence electrons. The fourth-order valence-corrected chi connectivity index (χ4v) is 2.99. The first-order chi connectivity index (χ1) is 6.84. The van der Waals surface area contributed by atoms with Gasteiger partial charge in [0.1, 0.15) is 5.60 Å². The van der Waals surface area contributed by atoms with Gasteiger partial charge in [0, 0.05) is 7.05 Å². The first-order valence-corrected chi connectivity index (χ1v) is 5.62. The van der Waals surface area contributed by atoms with E-state index in [9.17, 15) is 5.11 Å². The Bertz CT molecular complexity index is 366. The molecule has 1 unspecified atom stereocenters. The molecule has 1 aromatic heterocycles. The molecule has 1 N–H and O–H groups in total. The largest absolute Gasteiger partial charge is 0.383 e. The van der Waals surface area contributed by atoms with Gasteiger partial charge >= 0.3 is 0 Å². The number of hydrogen-bond donors (Lipinski definition) is 1. The Morgan fingerprint density at radius 2 is 2.13 bits per heavy atom. The number of aryl methyl sites for hydroxylation is 1. The standard InChI is InChI=1S/C11H17ClN2O/c1-10(2)4-5-11(15,7-10)9-8(12)6-13-14(9)3/h6,15H,4-5,7H2,1-3H3. The van der Waals surface area contributed by atoms with Crippen molar-refractivity contribution in [3.05, 3.63) is 16.9 Å². The number of aromatic nitrogens is 2. The predicted molar refractivity (Wildman–Crippen MR) is 59.7 cm³/mol. The molecule has 2 rings (SSSR count). The zero-order chi connectivity index (χ0) is 11.3. The fourth-order valence-electron chi connectivity index (χ4n) is 2.65. The molecule has 3 nitrogen and oxygen atoms in total. The van der Waals surface area contributed by atoms with Gasteiger partial charge in [-0.3, -0.25) is 4.68 Å². The van der Waals surface area contributed by atoms with E-state index in [0.29, 0.717) is 5.02 Å². The molecule has 0 saturated heterocycles. The van der Waals surface area contributed by atoms with Crippen LogP contribution in [0, 0.1) is 5.41 Å². The van der Waals surface area contributed by atoms with Gasteiger partial charge < -0.3 is 5.11 Å². The van der Waals surface area contributed by atoms with E-state index in [-0.39, 0.29) is 5.41 Å². The van der Waals surface area contributed by atoms with Crippen LogP contribution >= 0.6 is 11.6 Å². The first kappa shape index (κ1) is 11.0. The monoisotopic (exact) mass is 228 g/mol. The summed E-state index contributed by atoms with van der Waals surface area (Å²) in [5.41, 5.74) is 0.142. The summed E-state index contributed by atoms with van der Waals surface area (Å²) < 4.78 is 1.68. The van der Waals surface area contributed by atoms with Gasteiger partial charge in [0.05, 0.1) is 16.9 Å². The molecule has 0 spiro atoms. The molecule has 1 atom stereocenters. The van der Waals surface area contributed by atoms with Crippen LogP contribution in [-0.2, 0) is 12.6 Å². The average Bonchev–Trinajstić information content (AvgIpc) is 2.55.